The summed E-state index contributed by atoms with van der Waals surface area (Å²) in [5.41, 5.74) is 1.17. The van der Waals surface area contributed by atoms with Gasteiger partial charge in [0.15, 0.2) is 11.5 Å². The molecule has 34 heavy (non-hydrogen) atoms. The first-order valence-electron chi connectivity index (χ1n) is 12.0. The number of fused-ring (bicyclic) bond motifs is 1. The molecule has 1 aromatic rings. The molecule has 0 bridgehead atoms. The Morgan fingerprint density at radius 1 is 1.18 bits per heavy atom. The molecule has 2 N–H and O–H groups in total. The van der Waals surface area contributed by atoms with Gasteiger partial charge >= 0.3 is 5.97 Å². The Morgan fingerprint density at radius 2 is 1.85 bits per heavy atom. The fraction of sp³-hybridized carbons (Fsp3) is 0.680. The van der Waals surface area contributed by atoms with Crippen LogP contribution in [0, 0.1) is 0 Å². The average Bonchev–Trinajstić information content (AvgIpc) is 3.26. The van der Waals surface area contributed by atoms with Crippen LogP contribution < -0.4 is 14.8 Å². The van der Waals surface area contributed by atoms with Crippen molar-refractivity contribution in [1.82, 2.24) is 5.32 Å². The summed E-state index contributed by atoms with van der Waals surface area (Å²) in [7, 11) is 0. The van der Waals surface area contributed by atoms with Crippen molar-refractivity contribution in [2.24, 2.45) is 0 Å². The second kappa shape index (κ2) is 17.8. The summed E-state index contributed by atoms with van der Waals surface area (Å²) in [6.45, 7) is 5.93. The summed E-state index contributed by atoms with van der Waals surface area (Å²) < 4.78 is 23.0. The fourth-order valence-electron chi connectivity index (χ4n) is 3.46. The van der Waals surface area contributed by atoms with Gasteiger partial charge in [0, 0.05) is 13.3 Å². The van der Waals surface area contributed by atoms with Gasteiger partial charge in [-0.15, -0.1) is 0 Å². The Morgan fingerprint density at radius 3 is 2.50 bits per heavy atom. The normalized spacial score (nSPS) is 14.5. The molecule has 0 aliphatic carbocycles. The van der Waals surface area contributed by atoms with Gasteiger partial charge in [0.25, 0.3) is 0 Å². The molecule has 0 fully saturated rings. The Labute approximate surface area is 211 Å². The van der Waals surface area contributed by atoms with Crippen molar-refractivity contribution in [3.63, 3.8) is 0 Å². The predicted molar refractivity (Wildman–Crippen MR) is 140 cm³/mol. The Balaban J connectivity index is 0.000000411. The highest BCUT2D eigenvalue weighted by Crippen LogP contribution is 2.33. The smallest absolute Gasteiger partial charge is 0.326 e. The van der Waals surface area contributed by atoms with Crippen LogP contribution in [0.25, 0.3) is 0 Å². The van der Waals surface area contributed by atoms with Gasteiger partial charge in [-0.3, -0.25) is 4.79 Å². The highest BCUT2D eigenvalue weighted by atomic mass is 32.2. The van der Waals surface area contributed by atoms with Crippen LogP contribution in [-0.2, 0) is 27.2 Å². The zero-order valence-corrected chi connectivity index (χ0v) is 22.6. The van der Waals surface area contributed by atoms with Crippen molar-refractivity contribution in [3.8, 4) is 11.5 Å². The molecule has 2 rings (SSSR count). The molecular formula is C25H41NO6S2. The lowest BCUT2D eigenvalue weighted by molar-refractivity contribution is -0.141. The number of unbranched alkanes of at least 4 members (excludes halogenated alkanes) is 5. The zero-order chi connectivity index (χ0) is 25.3. The number of carbonyl (C=O) groups excluding carboxylic acids is 1. The van der Waals surface area contributed by atoms with Gasteiger partial charge in [-0.05, 0) is 55.9 Å². The molecule has 0 saturated carbocycles. The number of carboxylic acids is 1. The van der Waals surface area contributed by atoms with E-state index in [1.807, 2.05) is 24.5 Å². The summed E-state index contributed by atoms with van der Waals surface area (Å²) in [4.78, 5) is 21.1. The zero-order valence-electron chi connectivity index (χ0n) is 21.0. The molecule has 194 valence electrons. The highest BCUT2D eigenvalue weighted by Gasteiger charge is 2.20. The molecule has 1 heterocycles. The van der Waals surface area contributed by atoms with Crippen molar-refractivity contribution >= 4 is 34.8 Å². The summed E-state index contributed by atoms with van der Waals surface area (Å²) >= 11 is 0.817. The minimum atomic E-state index is -0.973. The maximum atomic E-state index is 12.3. The lowest BCUT2D eigenvalue weighted by Gasteiger charge is -2.18. The number of carbonyl (C=O) groups is 2. The van der Waals surface area contributed by atoms with Gasteiger partial charge in [-0.1, -0.05) is 49.8 Å². The average molecular weight is 516 g/mol. The van der Waals surface area contributed by atoms with E-state index >= 15 is 0 Å². The van der Waals surface area contributed by atoms with Crippen LogP contribution in [0.2, 0.25) is 0 Å². The molecule has 2 unspecified atom stereocenters. The maximum Gasteiger partial charge on any atom is 0.326 e. The summed E-state index contributed by atoms with van der Waals surface area (Å²) in [5.74, 6) is 1.91. The predicted octanol–water partition coefficient (Wildman–Crippen LogP) is 4.78. The van der Waals surface area contributed by atoms with E-state index in [9.17, 15) is 14.1 Å². The standard InChI is InChI=1S/C18H28O3S.C7H13NO3S/c1-3-4-5-6-7-8-11-22(19)15(2)12-16-9-10-17-18(13-16)21-14-20-17;1-5(9)8-6(7(10)11)3-4-12-2/h9-10,13,15H,3-8,11-12,14H2,1-2H3;6H,3-4H2,1-2H3,(H,8,9)(H,10,11)/t;6-/m.1/s1. The summed E-state index contributed by atoms with van der Waals surface area (Å²) in [5, 5.41) is 11.2. The SMILES string of the molecule is CCCCCCCC[S+]([O-])C(C)Cc1ccc2c(c1)OCO2.CSCC[C@@H](NC(C)=O)C(=O)O. The minimum Gasteiger partial charge on any atom is -0.616 e. The molecule has 0 aromatic heterocycles. The molecular weight excluding hydrogens is 474 g/mol. The Bertz CT molecular complexity index is 733. The van der Waals surface area contributed by atoms with Gasteiger partial charge in [0.2, 0.25) is 12.7 Å². The van der Waals surface area contributed by atoms with Crippen molar-refractivity contribution < 1.29 is 28.7 Å². The molecule has 1 aromatic carbocycles. The van der Waals surface area contributed by atoms with Crippen LogP contribution in [-0.4, -0.2) is 57.4 Å². The first-order chi connectivity index (χ1) is 16.3. The molecule has 0 saturated heterocycles. The molecule has 1 aliphatic rings. The highest BCUT2D eigenvalue weighted by molar-refractivity contribution is 7.98. The van der Waals surface area contributed by atoms with Gasteiger partial charge in [-0.25, -0.2) is 4.79 Å². The van der Waals surface area contributed by atoms with E-state index in [0.29, 0.717) is 13.2 Å². The second-order valence-electron chi connectivity index (χ2n) is 8.43. The van der Waals surface area contributed by atoms with E-state index in [4.69, 9.17) is 14.6 Å². The van der Waals surface area contributed by atoms with Crippen LogP contribution in [0.5, 0.6) is 11.5 Å². The third-order valence-electron chi connectivity index (χ3n) is 5.39. The fourth-order valence-corrected chi connectivity index (χ4v) is 5.20. The van der Waals surface area contributed by atoms with E-state index in [1.54, 1.807) is 11.8 Å². The number of thioether (sulfide) groups is 1. The van der Waals surface area contributed by atoms with E-state index in [0.717, 1.165) is 35.8 Å². The van der Waals surface area contributed by atoms with Crippen LogP contribution in [0.4, 0.5) is 0 Å². The molecule has 1 amide bonds. The Hall–Kier alpha value is -1.58. The molecule has 3 atom stereocenters. The van der Waals surface area contributed by atoms with Crippen molar-refractivity contribution in [3.05, 3.63) is 23.8 Å². The number of carboxylic acid groups (broad SMARTS) is 1. The van der Waals surface area contributed by atoms with Crippen LogP contribution >= 0.6 is 11.8 Å². The maximum absolute atomic E-state index is 12.3. The van der Waals surface area contributed by atoms with E-state index in [1.165, 1.54) is 44.6 Å². The largest absolute Gasteiger partial charge is 0.616 e. The monoisotopic (exact) mass is 515 g/mol. The number of hydrogen-bond donors (Lipinski definition) is 2. The number of hydrogen-bond acceptors (Lipinski definition) is 6. The van der Waals surface area contributed by atoms with Crippen molar-refractivity contribution in [1.29, 1.82) is 0 Å². The topological polar surface area (TPSA) is 108 Å². The van der Waals surface area contributed by atoms with Gasteiger partial charge in [0.1, 0.15) is 17.0 Å². The van der Waals surface area contributed by atoms with Crippen LogP contribution in [0.3, 0.4) is 0 Å². The first kappa shape index (κ1) is 30.5. The van der Waals surface area contributed by atoms with Crippen LogP contribution in [0.1, 0.15) is 71.3 Å². The lowest BCUT2D eigenvalue weighted by Crippen LogP contribution is -2.39. The summed E-state index contributed by atoms with van der Waals surface area (Å²) in [6.07, 6.45) is 10.7. The van der Waals surface area contributed by atoms with Crippen molar-refractivity contribution in [2.75, 3.05) is 24.6 Å². The second-order valence-corrected chi connectivity index (χ2v) is 11.4. The van der Waals surface area contributed by atoms with Crippen LogP contribution in [0.15, 0.2) is 18.2 Å². The molecule has 7 nitrogen and oxygen atoms in total. The molecule has 1 aliphatic heterocycles. The van der Waals surface area contributed by atoms with E-state index in [2.05, 4.69) is 19.2 Å². The van der Waals surface area contributed by atoms with E-state index in [-0.39, 0.29) is 11.2 Å². The number of aliphatic carboxylic acids is 1. The van der Waals surface area contributed by atoms with Crippen molar-refractivity contribution in [2.45, 2.75) is 83.4 Å². The summed E-state index contributed by atoms with van der Waals surface area (Å²) in [6, 6.07) is 5.27. The number of nitrogens with one attached hydrogen (secondary N) is 1. The number of rotatable bonds is 15. The number of benzene rings is 1. The van der Waals surface area contributed by atoms with Gasteiger partial charge < -0.3 is 24.4 Å². The van der Waals surface area contributed by atoms with Gasteiger partial charge in [0.05, 0.1) is 0 Å². The molecule has 0 radical (unpaired) electrons. The minimum absolute atomic E-state index is 0.191. The third kappa shape index (κ3) is 12.8. The molecule has 0 spiro atoms. The Kier molecular flexibility index (Phi) is 15.9. The van der Waals surface area contributed by atoms with Gasteiger partial charge in [-0.2, -0.15) is 11.8 Å². The number of amides is 1. The quantitative estimate of drug-likeness (QED) is 0.255. The molecule has 9 heteroatoms. The first-order valence-corrected chi connectivity index (χ1v) is 14.8. The number of ether oxygens (including phenoxy) is 2. The van der Waals surface area contributed by atoms with E-state index < -0.39 is 23.2 Å². The third-order valence-corrected chi connectivity index (χ3v) is 7.79. The lowest BCUT2D eigenvalue weighted by atomic mass is 10.1.